The Morgan fingerprint density at radius 2 is 1.96 bits per heavy atom. The SMILES string of the molecule is C=CC[C@H](C)[C@@H](C[C@H](COC)OC(=O)c1ccccc1)S(N)(=O)=O. The number of ether oxygens (including phenoxy) is 2. The van der Waals surface area contributed by atoms with E-state index in [0.717, 1.165) is 0 Å². The van der Waals surface area contributed by atoms with Gasteiger partial charge in [-0.15, -0.1) is 6.58 Å². The van der Waals surface area contributed by atoms with Crippen LogP contribution in [-0.2, 0) is 19.5 Å². The molecule has 0 radical (unpaired) electrons. The van der Waals surface area contributed by atoms with Crippen molar-refractivity contribution in [2.45, 2.75) is 31.1 Å². The highest BCUT2D eigenvalue weighted by molar-refractivity contribution is 7.89. The van der Waals surface area contributed by atoms with Crippen LogP contribution in [0.15, 0.2) is 43.0 Å². The molecular weight excluding hydrogens is 330 g/mol. The van der Waals surface area contributed by atoms with Crippen molar-refractivity contribution >= 4 is 16.0 Å². The molecule has 0 spiro atoms. The van der Waals surface area contributed by atoms with E-state index in [2.05, 4.69) is 6.58 Å². The van der Waals surface area contributed by atoms with Crippen molar-refractivity contribution in [2.75, 3.05) is 13.7 Å². The van der Waals surface area contributed by atoms with Gasteiger partial charge in [0.05, 0.1) is 17.4 Å². The van der Waals surface area contributed by atoms with Gasteiger partial charge in [0.15, 0.2) is 0 Å². The number of benzene rings is 1. The Labute approximate surface area is 143 Å². The van der Waals surface area contributed by atoms with Crippen molar-refractivity contribution in [1.82, 2.24) is 0 Å². The van der Waals surface area contributed by atoms with Gasteiger partial charge in [0.2, 0.25) is 10.0 Å². The Balaban J connectivity index is 2.89. The summed E-state index contributed by atoms with van der Waals surface area (Å²) in [5.41, 5.74) is 0.393. The highest BCUT2D eigenvalue weighted by Gasteiger charge is 2.32. The number of nitrogens with two attached hydrogens (primary N) is 1. The molecule has 0 aliphatic rings. The molecule has 1 aromatic carbocycles. The highest BCUT2D eigenvalue weighted by atomic mass is 32.2. The second-order valence-corrected chi connectivity index (χ2v) is 7.50. The van der Waals surface area contributed by atoms with Crippen LogP contribution >= 0.6 is 0 Å². The third-order valence-corrected chi connectivity index (χ3v) is 5.23. The molecule has 0 aliphatic carbocycles. The quantitative estimate of drug-likeness (QED) is 0.512. The molecule has 1 aromatic rings. The van der Waals surface area contributed by atoms with Crippen LogP contribution in [0, 0.1) is 5.92 Å². The fraction of sp³-hybridized carbons (Fsp3) is 0.471. The van der Waals surface area contributed by atoms with Gasteiger partial charge in [-0.25, -0.2) is 18.4 Å². The van der Waals surface area contributed by atoms with Gasteiger partial charge < -0.3 is 9.47 Å². The lowest BCUT2D eigenvalue weighted by atomic mass is 9.99. The van der Waals surface area contributed by atoms with E-state index in [0.29, 0.717) is 12.0 Å². The smallest absolute Gasteiger partial charge is 0.338 e. The zero-order chi connectivity index (χ0) is 18.2. The van der Waals surface area contributed by atoms with Gasteiger partial charge in [0, 0.05) is 13.5 Å². The molecule has 2 N–H and O–H groups in total. The first kappa shape index (κ1) is 20.3. The summed E-state index contributed by atoms with van der Waals surface area (Å²) >= 11 is 0. The summed E-state index contributed by atoms with van der Waals surface area (Å²) in [6.45, 7) is 5.49. The minimum absolute atomic E-state index is 0.0697. The molecule has 6 nitrogen and oxygen atoms in total. The molecule has 0 saturated carbocycles. The maximum absolute atomic E-state index is 12.2. The van der Waals surface area contributed by atoms with Gasteiger partial charge >= 0.3 is 5.97 Å². The maximum Gasteiger partial charge on any atom is 0.338 e. The number of carbonyl (C=O) groups is 1. The first-order valence-corrected chi connectivity index (χ1v) is 9.28. The summed E-state index contributed by atoms with van der Waals surface area (Å²) in [6.07, 6.45) is 1.50. The molecule has 7 heteroatoms. The molecule has 24 heavy (non-hydrogen) atoms. The molecule has 1 rings (SSSR count). The van der Waals surface area contributed by atoms with E-state index in [1.165, 1.54) is 7.11 Å². The number of esters is 1. The third-order valence-electron chi connectivity index (χ3n) is 3.73. The average molecular weight is 355 g/mol. The Morgan fingerprint density at radius 1 is 1.33 bits per heavy atom. The van der Waals surface area contributed by atoms with Crippen LogP contribution in [-0.4, -0.2) is 39.5 Å². The molecule has 3 atom stereocenters. The molecule has 0 saturated heterocycles. The van der Waals surface area contributed by atoms with E-state index >= 15 is 0 Å². The highest BCUT2D eigenvalue weighted by Crippen LogP contribution is 2.22. The Kier molecular flexibility index (Phi) is 8.10. The molecule has 0 aliphatic heterocycles. The predicted octanol–water partition coefficient (Wildman–Crippen LogP) is 2.12. The first-order chi connectivity index (χ1) is 11.3. The fourth-order valence-corrected chi connectivity index (χ4v) is 3.74. The fourth-order valence-electron chi connectivity index (χ4n) is 2.49. The van der Waals surface area contributed by atoms with Crippen molar-refractivity contribution in [3.05, 3.63) is 48.6 Å². The van der Waals surface area contributed by atoms with E-state index in [9.17, 15) is 13.2 Å². The summed E-state index contributed by atoms with van der Waals surface area (Å²) in [7, 11) is -2.33. The lowest BCUT2D eigenvalue weighted by molar-refractivity contribution is 0.00176. The van der Waals surface area contributed by atoms with Gasteiger partial charge in [-0.2, -0.15) is 0 Å². The summed E-state index contributed by atoms with van der Waals surface area (Å²) in [5, 5.41) is 4.51. The van der Waals surface area contributed by atoms with Gasteiger partial charge in [-0.05, 0) is 24.5 Å². The number of methoxy groups -OCH3 is 1. The van der Waals surface area contributed by atoms with E-state index in [1.54, 1.807) is 43.3 Å². The van der Waals surface area contributed by atoms with Gasteiger partial charge in [0.25, 0.3) is 0 Å². The van der Waals surface area contributed by atoms with E-state index in [-0.39, 0.29) is 18.9 Å². The van der Waals surface area contributed by atoms with Crippen molar-refractivity contribution in [2.24, 2.45) is 11.1 Å². The van der Waals surface area contributed by atoms with Crippen LogP contribution in [0.5, 0.6) is 0 Å². The summed E-state index contributed by atoms with van der Waals surface area (Å²) in [4.78, 5) is 12.2. The number of hydrogen-bond donors (Lipinski definition) is 1. The summed E-state index contributed by atoms with van der Waals surface area (Å²) in [5.74, 6) is -0.769. The lowest BCUT2D eigenvalue weighted by Crippen LogP contribution is -2.39. The number of allylic oxidation sites excluding steroid dienone is 1. The second-order valence-electron chi connectivity index (χ2n) is 5.71. The first-order valence-electron chi connectivity index (χ1n) is 7.67. The number of carbonyl (C=O) groups excluding carboxylic acids is 1. The van der Waals surface area contributed by atoms with E-state index in [1.807, 2.05) is 0 Å². The van der Waals surface area contributed by atoms with Crippen molar-refractivity contribution in [3.8, 4) is 0 Å². The topological polar surface area (TPSA) is 95.7 Å². The predicted molar refractivity (Wildman–Crippen MR) is 93.0 cm³/mol. The minimum atomic E-state index is -3.79. The van der Waals surface area contributed by atoms with E-state index < -0.39 is 27.3 Å². The van der Waals surface area contributed by atoms with Gasteiger partial charge in [0.1, 0.15) is 6.10 Å². The molecule has 134 valence electrons. The van der Waals surface area contributed by atoms with Crippen LogP contribution in [0.25, 0.3) is 0 Å². The van der Waals surface area contributed by atoms with Crippen molar-refractivity contribution < 1.29 is 22.7 Å². The zero-order valence-corrected chi connectivity index (χ0v) is 14.9. The van der Waals surface area contributed by atoms with Gasteiger partial charge in [-0.3, -0.25) is 0 Å². The lowest BCUT2D eigenvalue weighted by Gasteiger charge is -2.25. The largest absolute Gasteiger partial charge is 0.456 e. The molecule has 0 aromatic heterocycles. The maximum atomic E-state index is 12.2. The number of hydrogen-bond acceptors (Lipinski definition) is 5. The summed E-state index contributed by atoms with van der Waals surface area (Å²) < 4.78 is 34.3. The normalized spacial score (nSPS) is 15.3. The molecule has 0 heterocycles. The second kappa shape index (κ2) is 9.56. The van der Waals surface area contributed by atoms with Crippen LogP contribution in [0.1, 0.15) is 30.1 Å². The van der Waals surface area contributed by atoms with Gasteiger partial charge in [-0.1, -0.05) is 31.2 Å². The average Bonchev–Trinajstić information content (AvgIpc) is 2.52. The molecular formula is C17H25NO5S. The third kappa shape index (κ3) is 6.43. The number of primary sulfonamides is 1. The standard InChI is InChI=1S/C17H25NO5S/c1-4-8-13(2)16(24(18,20)21)11-15(12-22-3)23-17(19)14-9-6-5-7-10-14/h4-7,9-10,13,15-16H,1,8,11-12H2,2-3H3,(H2,18,20,21)/t13-,15+,16+/m0/s1. The minimum Gasteiger partial charge on any atom is -0.456 e. The van der Waals surface area contributed by atoms with Crippen molar-refractivity contribution in [3.63, 3.8) is 0 Å². The molecule has 0 bridgehead atoms. The number of rotatable bonds is 10. The Hall–Kier alpha value is -1.70. The van der Waals surface area contributed by atoms with Crippen LogP contribution in [0.3, 0.4) is 0 Å². The molecule has 0 unspecified atom stereocenters. The monoisotopic (exact) mass is 355 g/mol. The Bertz CT molecular complexity index is 630. The van der Waals surface area contributed by atoms with Crippen molar-refractivity contribution in [1.29, 1.82) is 0 Å². The number of sulfonamides is 1. The molecule has 0 fully saturated rings. The van der Waals surface area contributed by atoms with E-state index in [4.69, 9.17) is 14.6 Å². The molecule has 0 amide bonds. The van der Waals surface area contributed by atoms with Crippen LogP contribution < -0.4 is 5.14 Å². The Morgan fingerprint density at radius 3 is 2.46 bits per heavy atom. The van der Waals surface area contributed by atoms with Crippen LogP contribution in [0.2, 0.25) is 0 Å². The zero-order valence-electron chi connectivity index (χ0n) is 14.1. The van der Waals surface area contributed by atoms with Crippen LogP contribution in [0.4, 0.5) is 0 Å². The summed E-state index contributed by atoms with van der Waals surface area (Å²) in [6, 6.07) is 8.49.